The lowest BCUT2D eigenvalue weighted by atomic mass is 10.2. The Hall–Kier alpha value is -1.36. The predicted octanol–water partition coefficient (Wildman–Crippen LogP) is 0.423. The Morgan fingerprint density at radius 1 is 1.50 bits per heavy atom. The number of carbonyl (C=O) groups is 1. The number of aryl methyl sites for hydroxylation is 1. The van der Waals surface area contributed by atoms with Crippen LogP contribution in [0.4, 0.5) is 0 Å². The van der Waals surface area contributed by atoms with Crippen molar-refractivity contribution in [1.82, 2.24) is 20.4 Å². The molecule has 0 bridgehead atoms. The van der Waals surface area contributed by atoms with E-state index < -0.39 is 0 Å². The molecule has 0 saturated carbocycles. The molecule has 0 aromatic carbocycles. The minimum atomic E-state index is -0.192. The van der Waals surface area contributed by atoms with E-state index in [1.54, 1.807) is 10.9 Å². The molecule has 0 spiro atoms. The summed E-state index contributed by atoms with van der Waals surface area (Å²) in [6.45, 7) is 6.41. The van der Waals surface area contributed by atoms with Crippen LogP contribution in [0.25, 0.3) is 0 Å². The highest BCUT2D eigenvalue weighted by molar-refractivity contribution is 5.81. The van der Waals surface area contributed by atoms with Gasteiger partial charge in [0.2, 0.25) is 5.91 Å². The third kappa shape index (κ3) is 4.02. The molecule has 1 unspecified atom stereocenters. The molecule has 0 fully saturated rings. The molecule has 90 valence electrons. The lowest BCUT2D eigenvalue weighted by Gasteiger charge is -2.15. The number of carbonyl (C=O) groups excluding carboxylic acids is 1. The molecule has 1 amide bonds. The molecule has 0 radical (unpaired) electrons. The third-order valence-electron chi connectivity index (χ3n) is 2.19. The molecule has 5 nitrogen and oxygen atoms in total. The van der Waals surface area contributed by atoms with Crippen LogP contribution >= 0.6 is 0 Å². The second-order valence-electron chi connectivity index (χ2n) is 4.29. The minimum Gasteiger partial charge on any atom is -0.353 e. The van der Waals surface area contributed by atoms with Gasteiger partial charge in [-0.1, -0.05) is 0 Å². The van der Waals surface area contributed by atoms with Crippen LogP contribution in [0.5, 0.6) is 0 Å². The summed E-state index contributed by atoms with van der Waals surface area (Å²) in [7, 11) is 1.87. The number of hydrogen-bond acceptors (Lipinski definition) is 3. The minimum absolute atomic E-state index is 0.0268. The average Bonchev–Trinajstić information content (AvgIpc) is 2.59. The molecule has 0 saturated heterocycles. The van der Waals surface area contributed by atoms with Crippen molar-refractivity contribution in [2.45, 2.75) is 39.4 Å². The first-order valence-corrected chi connectivity index (χ1v) is 5.50. The Labute approximate surface area is 96.2 Å². The maximum absolute atomic E-state index is 11.6. The van der Waals surface area contributed by atoms with E-state index in [0.717, 1.165) is 5.56 Å². The first-order valence-electron chi connectivity index (χ1n) is 5.50. The molecular weight excluding hydrogens is 204 g/mol. The second kappa shape index (κ2) is 5.65. The van der Waals surface area contributed by atoms with Crippen molar-refractivity contribution in [2.24, 2.45) is 7.05 Å². The molecule has 16 heavy (non-hydrogen) atoms. The van der Waals surface area contributed by atoms with E-state index in [-0.39, 0.29) is 18.0 Å². The van der Waals surface area contributed by atoms with Crippen LogP contribution in [0, 0.1) is 0 Å². The maximum atomic E-state index is 11.6. The Bertz CT molecular complexity index is 346. The quantitative estimate of drug-likeness (QED) is 0.762. The SMILES string of the molecule is CC(C)NC(=O)C(C)NCc1cnn(C)c1. The zero-order chi connectivity index (χ0) is 12.1. The van der Waals surface area contributed by atoms with Gasteiger partial charge in [-0.2, -0.15) is 5.10 Å². The molecular formula is C11H20N4O. The topological polar surface area (TPSA) is 59.0 Å². The highest BCUT2D eigenvalue weighted by Gasteiger charge is 2.12. The van der Waals surface area contributed by atoms with Gasteiger partial charge in [-0.25, -0.2) is 0 Å². The van der Waals surface area contributed by atoms with Gasteiger partial charge >= 0.3 is 0 Å². The van der Waals surface area contributed by atoms with Crippen molar-refractivity contribution in [3.8, 4) is 0 Å². The lowest BCUT2D eigenvalue weighted by molar-refractivity contribution is -0.123. The Kier molecular flexibility index (Phi) is 4.49. The van der Waals surface area contributed by atoms with E-state index in [1.165, 1.54) is 0 Å². The summed E-state index contributed by atoms with van der Waals surface area (Å²) in [5.74, 6) is 0.0268. The number of nitrogens with zero attached hydrogens (tertiary/aromatic N) is 2. The van der Waals surface area contributed by atoms with E-state index in [9.17, 15) is 4.79 Å². The van der Waals surface area contributed by atoms with Crippen molar-refractivity contribution in [3.63, 3.8) is 0 Å². The number of aromatic nitrogens is 2. The van der Waals surface area contributed by atoms with Gasteiger partial charge in [-0.15, -0.1) is 0 Å². The fraction of sp³-hybridized carbons (Fsp3) is 0.636. The highest BCUT2D eigenvalue weighted by Crippen LogP contribution is 1.96. The number of hydrogen-bond donors (Lipinski definition) is 2. The fourth-order valence-electron chi connectivity index (χ4n) is 1.34. The Balaban J connectivity index is 2.34. The molecule has 1 aromatic heterocycles. The smallest absolute Gasteiger partial charge is 0.237 e. The van der Waals surface area contributed by atoms with Crippen LogP contribution in [0.15, 0.2) is 12.4 Å². The number of rotatable bonds is 5. The normalized spacial score (nSPS) is 12.8. The van der Waals surface area contributed by atoms with E-state index in [4.69, 9.17) is 0 Å². The average molecular weight is 224 g/mol. The molecule has 2 N–H and O–H groups in total. The molecule has 1 rings (SSSR count). The van der Waals surface area contributed by atoms with Crippen LogP contribution in [0.3, 0.4) is 0 Å². The van der Waals surface area contributed by atoms with Crippen molar-refractivity contribution in [2.75, 3.05) is 0 Å². The zero-order valence-corrected chi connectivity index (χ0v) is 10.3. The van der Waals surface area contributed by atoms with Gasteiger partial charge in [0, 0.05) is 31.4 Å². The van der Waals surface area contributed by atoms with Gasteiger partial charge in [0.05, 0.1) is 12.2 Å². The summed E-state index contributed by atoms with van der Waals surface area (Å²) < 4.78 is 1.75. The van der Waals surface area contributed by atoms with Gasteiger partial charge in [0.15, 0.2) is 0 Å². The van der Waals surface area contributed by atoms with E-state index in [1.807, 2.05) is 34.0 Å². The summed E-state index contributed by atoms with van der Waals surface area (Å²) >= 11 is 0. The van der Waals surface area contributed by atoms with Crippen LogP contribution in [0.2, 0.25) is 0 Å². The van der Waals surface area contributed by atoms with Crippen molar-refractivity contribution in [3.05, 3.63) is 18.0 Å². The molecule has 0 aliphatic heterocycles. The summed E-state index contributed by atoms with van der Waals surface area (Å²) in [5, 5.41) is 10.1. The first kappa shape index (κ1) is 12.7. The standard InChI is InChI=1S/C11H20N4O/c1-8(2)14-11(16)9(3)12-5-10-6-13-15(4)7-10/h6-9,12H,5H2,1-4H3,(H,14,16). The summed E-state index contributed by atoms with van der Waals surface area (Å²) in [5.41, 5.74) is 1.08. The van der Waals surface area contributed by atoms with E-state index in [0.29, 0.717) is 6.54 Å². The molecule has 0 aliphatic rings. The Morgan fingerprint density at radius 3 is 2.69 bits per heavy atom. The van der Waals surface area contributed by atoms with Gasteiger partial charge in [0.1, 0.15) is 0 Å². The van der Waals surface area contributed by atoms with Crippen LogP contribution < -0.4 is 10.6 Å². The van der Waals surface area contributed by atoms with Crippen molar-refractivity contribution >= 4 is 5.91 Å². The number of nitrogens with one attached hydrogen (secondary N) is 2. The lowest BCUT2D eigenvalue weighted by Crippen LogP contribution is -2.44. The maximum Gasteiger partial charge on any atom is 0.237 e. The van der Waals surface area contributed by atoms with Crippen LogP contribution in [0.1, 0.15) is 26.3 Å². The molecule has 5 heteroatoms. The Morgan fingerprint density at radius 2 is 2.19 bits per heavy atom. The monoisotopic (exact) mass is 224 g/mol. The van der Waals surface area contributed by atoms with Crippen molar-refractivity contribution < 1.29 is 4.79 Å². The van der Waals surface area contributed by atoms with Crippen LogP contribution in [-0.2, 0) is 18.4 Å². The van der Waals surface area contributed by atoms with Gasteiger partial charge in [-0.05, 0) is 20.8 Å². The third-order valence-corrected chi connectivity index (χ3v) is 2.19. The largest absolute Gasteiger partial charge is 0.353 e. The van der Waals surface area contributed by atoms with Gasteiger partial charge in [0.25, 0.3) is 0 Å². The van der Waals surface area contributed by atoms with Crippen molar-refractivity contribution in [1.29, 1.82) is 0 Å². The fourth-order valence-corrected chi connectivity index (χ4v) is 1.34. The first-order chi connectivity index (χ1) is 7.49. The summed E-state index contributed by atoms with van der Waals surface area (Å²) in [6, 6.07) is -0.0160. The molecule has 1 heterocycles. The second-order valence-corrected chi connectivity index (χ2v) is 4.29. The zero-order valence-electron chi connectivity index (χ0n) is 10.3. The van der Waals surface area contributed by atoms with E-state index in [2.05, 4.69) is 15.7 Å². The van der Waals surface area contributed by atoms with Crippen LogP contribution in [-0.4, -0.2) is 27.8 Å². The summed E-state index contributed by atoms with van der Waals surface area (Å²) in [4.78, 5) is 11.6. The molecule has 0 aliphatic carbocycles. The highest BCUT2D eigenvalue weighted by atomic mass is 16.2. The predicted molar refractivity (Wildman–Crippen MR) is 62.8 cm³/mol. The molecule has 1 aromatic rings. The summed E-state index contributed by atoms with van der Waals surface area (Å²) in [6.07, 6.45) is 3.72. The van der Waals surface area contributed by atoms with Gasteiger partial charge in [-0.3, -0.25) is 9.48 Å². The molecule has 1 atom stereocenters. The van der Waals surface area contributed by atoms with E-state index >= 15 is 0 Å². The number of amides is 1. The van der Waals surface area contributed by atoms with Gasteiger partial charge < -0.3 is 10.6 Å².